The molecule has 0 fully saturated rings. The van der Waals surface area contributed by atoms with Crippen molar-refractivity contribution in [1.82, 2.24) is 0 Å². The number of rotatable bonds is 20. The monoisotopic (exact) mass is 580 g/mol. The summed E-state index contributed by atoms with van der Waals surface area (Å²) < 4.78 is 6.56. The topological polar surface area (TPSA) is 0 Å². The Hall–Kier alpha value is 1.60. The molecule has 0 unspecified atom stereocenters. The zero-order valence-corrected chi connectivity index (χ0v) is 24.9. The van der Waals surface area contributed by atoms with Crippen molar-refractivity contribution in [1.29, 1.82) is 0 Å². The molecule has 0 aliphatic carbocycles. The first kappa shape index (κ1) is 29.8. The molecule has 0 bridgehead atoms. The molecule has 4 radical (unpaired) electrons. The van der Waals surface area contributed by atoms with Gasteiger partial charge in [0.2, 0.25) is 0 Å². The predicted octanol–water partition coefficient (Wildman–Crippen LogP) is 9.38. The zero-order valence-electron chi connectivity index (χ0n) is 19.1. The second kappa shape index (κ2) is 31.3. The fourth-order valence-corrected chi connectivity index (χ4v) is 10.6. The standard InChI is InChI=1S/2C8H17.2C4H9.2Sn/c2*1-3-5-7-8-6-4-2;2*1-3-4-2;;/h2*1,3-8H2,2H3;2*1,3-4H2,2H3;;. The Morgan fingerprint density at radius 3 is 0.923 bits per heavy atom. The van der Waals surface area contributed by atoms with E-state index in [1.165, 1.54) is 89.9 Å². The first-order valence-corrected chi connectivity index (χ1v) is 20.3. The Balaban J connectivity index is 0. The molecule has 0 aromatic rings. The van der Waals surface area contributed by atoms with E-state index in [0.29, 0.717) is 0 Å². The summed E-state index contributed by atoms with van der Waals surface area (Å²) in [5.74, 6) is 0. The van der Waals surface area contributed by atoms with Gasteiger partial charge in [-0.15, -0.1) is 0 Å². The SMILES string of the molecule is CCCCCCC[CH2][Sn][CH2]CCCCCCC.CCC[CH2][Sn][CH2]CCC. The van der Waals surface area contributed by atoms with Crippen molar-refractivity contribution in [3.63, 3.8) is 0 Å². The van der Waals surface area contributed by atoms with Crippen LogP contribution in [0, 0.1) is 0 Å². The third-order valence-electron chi connectivity index (χ3n) is 4.83. The maximum absolute atomic E-state index is 2.30. The van der Waals surface area contributed by atoms with E-state index in [0.717, 1.165) is 0 Å². The van der Waals surface area contributed by atoms with E-state index in [-0.39, 0.29) is 42.3 Å². The van der Waals surface area contributed by atoms with E-state index in [4.69, 9.17) is 0 Å². The van der Waals surface area contributed by atoms with E-state index >= 15 is 0 Å². The summed E-state index contributed by atoms with van der Waals surface area (Å²) in [6, 6.07) is 0. The van der Waals surface area contributed by atoms with E-state index < -0.39 is 0 Å². The molecule has 0 aromatic heterocycles. The van der Waals surface area contributed by atoms with Crippen LogP contribution in [0.1, 0.15) is 130 Å². The number of hydrogen-bond donors (Lipinski definition) is 0. The molecular weight excluding hydrogens is 526 g/mol. The van der Waals surface area contributed by atoms with Gasteiger partial charge in [-0.2, -0.15) is 0 Å². The molecule has 0 heterocycles. The van der Waals surface area contributed by atoms with Crippen molar-refractivity contribution in [2.24, 2.45) is 0 Å². The molecule has 0 spiro atoms. The Bertz CT molecular complexity index is 186. The Morgan fingerprint density at radius 2 is 0.577 bits per heavy atom. The van der Waals surface area contributed by atoms with Crippen LogP contribution in [-0.2, 0) is 0 Å². The van der Waals surface area contributed by atoms with Crippen LogP contribution in [0.2, 0.25) is 17.7 Å². The van der Waals surface area contributed by atoms with Gasteiger partial charge in [0.1, 0.15) is 0 Å². The second-order valence-electron chi connectivity index (χ2n) is 7.74. The van der Waals surface area contributed by atoms with Crippen LogP contribution in [0.5, 0.6) is 0 Å². The molecule has 0 saturated heterocycles. The molecule has 26 heavy (non-hydrogen) atoms. The van der Waals surface area contributed by atoms with E-state index in [1.807, 2.05) is 0 Å². The molecule has 2 heteroatoms. The zero-order chi connectivity index (χ0) is 19.6. The van der Waals surface area contributed by atoms with Crippen molar-refractivity contribution in [2.75, 3.05) is 0 Å². The third kappa shape index (κ3) is 33.2. The molecule has 0 aliphatic heterocycles. The van der Waals surface area contributed by atoms with E-state index in [9.17, 15) is 0 Å². The van der Waals surface area contributed by atoms with Crippen LogP contribution in [0.15, 0.2) is 0 Å². The maximum atomic E-state index is 2.30. The minimum absolute atomic E-state index is 0.0736. The third-order valence-corrected chi connectivity index (χ3v) is 12.9. The Morgan fingerprint density at radius 1 is 0.308 bits per heavy atom. The molecule has 0 aliphatic rings. The first-order valence-electron chi connectivity index (χ1n) is 12.2. The average Bonchev–Trinajstić information content (AvgIpc) is 2.66. The Kier molecular flexibility index (Phi) is 35.9. The summed E-state index contributed by atoms with van der Waals surface area (Å²) in [4.78, 5) is 0. The van der Waals surface area contributed by atoms with E-state index in [1.54, 1.807) is 30.6 Å². The van der Waals surface area contributed by atoms with Crippen LogP contribution in [-0.4, -0.2) is 42.3 Å². The summed E-state index contributed by atoms with van der Waals surface area (Å²) in [6.07, 6.45) is 23.7. The molecule has 0 N–H and O–H groups in total. The van der Waals surface area contributed by atoms with Gasteiger partial charge in [-0.3, -0.25) is 0 Å². The summed E-state index contributed by atoms with van der Waals surface area (Å²) in [5.41, 5.74) is 0. The van der Waals surface area contributed by atoms with Gasteiger partial charge in [-0.05, 0) is 0 Å². The summed E-state index contributed by atoms with van der Waals surface area (Å²) in [6.45, 7) is 9.18. The van der Waals surface area contributed by atoms with Gasteiger partial charge >= 0.3 is 190 Å². The molecule has 0 amide bonds. The molecule has 0 atom stereocenters. The molecule has 0 aromatic carbocycles. The molecule has 0 saturated carbocycles. The van der Waals surface area contributed by atoms with Crippen LogP contribution in [0.3, 0.4) is 0 Å². The normalized spacial score (nSPS) is 10.6. The quantitative estimate of drug-likeness (QED) is 0.0998. The van der Waals surface area contributed by atoms with Crippen LogP contribution >= 0.6 is 0 Å². The van der Waals surface area contributed by atoms with Gasteiger partial charge in [0.25, 0.3) is 0 Å². The average molecular weight is 578 g/mol. The van der Waals surface area contributed by atoms with Crippen molar-refractivity contribution >= 4 is 42.3 Å². The van der Waals surface area contributed by atoms with Gasteiger partial charge in [-0.25, -0.2) is 0 Å². The Labute approximate surface area is 189 Å². The van der Waals surface area contributed by atoms with Gasteiger partial charge in [-0.1, -0.05) is 0 Å². The van der Waals surface area contributed by atoms with Gasteiger partial charge < -0.3 is 0 Å². The number of unbranched alkanes of at least 4 members (excludes halogenated alkanes) is 12. The van der Waals surface area contributed by atoms with E-state index in [2.05, 4.69) is 27.7 Å². The van der Waals surface area contributed by atoms with Gasteiger partial charge in [0.15, 0.2) is 0 Å². The van der Waals surface area contributed by atoms with Gasteiger partial charge in [0.05, 0.1) is 0 Å². The fourth-order valence-electron chi connectivity index (χ4n) is 2.91. The molecule has 0 nitrogen and oxygen atoms in total. The predicted molar refractivity (Wildman–Crippen MR) is 127 cm³/mol. The first-order chi connectivity index (χ1) is 12.8. The fraction of sp³-hybridized carbons (Fsp3) is 1.00. The van der Waals surface area contributed by atoms with Crippen molar-refractivity contribution in [3.8, 4) is 0 Å². The molecule has 156 valence electrons. The van der Waals surface area contributed by atoms with Crippen molar-refractivity contribution in [3.05, 3.63) is 0 Å². The van der Waals surface area contributed by atoms with Crippen LogP contribution < -0.4 is 0 Å². The molecule has 0 rings (SSSR count). The summed E-state index contributed by atoms with van der Waals surface area (Å²) >= 11 is 0.223. The number of hydrogen-bond acceptors (Lipinski definition) is 0. The molecular formula is C24H52Sn2. The summed E-state index contributed by atoms with van der Waals surface area (Å²) in [7, 11) is 0. The minimum atomic E-state index is 0.0736. The van der Waals surface area contributed by atoms with Gasteiger partial charge in [0, 0.05) is 0 Å². The second-order valence-corrected chi connectivity index (χ2v) is 16.3. The summed E-state index contributed by atoms with van der Waals surface area (Å²) in [5, 5.41) is 0. The van der Waals surface area contributed by atoms with Crippen molar-refractivity contribution < 1.29 is 0 Å². The van der Waals surface area contributed by atoms with Crippen molar-refractivity contribution in [2.45, 2.75) is 148 Å². The van der Waals surface area contributed by atoms with Crippen LogP contribution in [0.4, 0.5) is 0 Å². The van der Waals surface area contributed by atoms with Crippen LogP contribution in [0.25, 0.3) is 0 Å².